The Morgan fingerprint density at radius 2 is 1.91 bits per heavy atom. The zero-order valence-corrected chi connectivity index (χ0v) is 15.1. The van der Waals surface area contributed by atoms with Crippen molar-refractivity contribution in [3.05, 3.63) is 18.2 Å². The van der Waals surface area contributed by atoms with Crippen LogP contribution in [0.5, 0.6) is 11.5 Å². The van der Waals surface area contributed by atoms with E-state index in [4.69, 9.17) is 9.47 Å². The van der Waals surface area contributed by atoms with Crippen LogP contribution < -0.4 is 19.5 Å². The summed E-state index contributed by atoms with van der Waals surface area (Å²) in [6.45, 7) is 6.02. The third-order valence-electron chi connectivity index (χ3n) is 3.51. The molecule has 0 saturated carbocycles. The van der Waals surface area contributed by atoms with Gasteiger partial charge in [-0.05, 0) is 45.4 Å². The maximum absolute atomic E-state index is 12.4. The molecule has 0 aliphatic carbocycles. The fourth-order valence-corrected chi connectivity index (χ4v) is 3.52. The SMILES string of the molecule is CCOc1ccc(S(=O)(=O)NCC2CCCN2)cc1OCC.Cl. The number of hydrogen-bond donors (Lipinski definition) is 2. The van der Waals surface area contributed by atoms with Gasteiger partial charge in [0.05, 0.1) is 18.1 Å². The predicted molar refractivity (Wildman–Crippen MR) is 92.2 cm³/mol. The van der Waals surface area contributed by atoms with Crippen LogP contribution in [-0.2, 0) is 10.0 Å². The molecule has 1 aromatic rings. The Morgan fingerprint density at radius 3 is 2.52 bits per heavy atom. The lowest BCUT2D eigenvalue weighted by atomic mass is 10.2. The molecule has 0 bridgehead atoms. The van der Waals surface area contributed by atoms with Crippen molar-refractivity contribution in [2.45, 2.75) is 37.6 Å². The average molecular weight is 365 g/mol. The van der Waals surface area contributed by atoms with Gasteiger partial charge in [-0.3, -0.25) is 0 Å². The fraction of sp³-hybridized carbons (Fsp3) is 0.600. The minimum atomic E-state index is -3.55. The van der Waals surface area contributed by atoms with Crippen LogP contribution in [0.15, 0.2) is 23.1 Å². The van der Waals surface area contributed by atoms with Gasteiger partial charge >= 0.3 is 0 Å². The Labute approximate surface area is 144 Å². The average Bonchev–Trinajstić information content (AvgIpc) is 3.01. The minimum absolute atomic E-state index is 0. The van der Waals surface area contributed by atoms with Gasteiger partial charge < -0.3 is 14.8 Å². The molecule has 0 radical (unpaired) electrons. The smallest absolute Gasteiger partial charge is 0.240 e. The van der Waals surface area contributed by atoms with E-state index in [1.165, 1.54) is 12.1 Å². The number of ether oxygens (including phenoxy) is 2. The van der Waals surface area contributed by atoms with E-state index >= 15 is 0 Å². The Hall–Kier alpha value is -1.02. The van der Waals surface area contributed by atoms with Gasteiger partial charge in [-0.2, -0.15) is 0 Å². The van der Waals surface area contributed by atoms with Gasteiger partial charge in [0.1, 0.15) is 0 Å². The number of rotatable bonds is 8. The van der Waals surface area contributed by atoms with Crippen LogP contribution in [0.3, 0.4) is 0 Å². The molecule has 1 fully saturated rings. The van der Waals surface area contributed by atoms with Gasteiger partial charge in [-0.15, -0.1) is 12.4 Å². The van der Waals surface area contributed by atoms with Crippen LogP contribution >= 0.6 is 12.4 Å². The lowest BCUT2D eigenvalue weighted by Gasteiger charge is -2.14. The molecular weight excluding hydrogens is 340 g/mol. The molecule has 132 valence electrons. The number of halogens is 1. The molecule has 8 heteroatoms. The van der Waals surface area contributed by atoms with Gasteiger partial charge in [0, 0.05) is 18.7 Å². The van der Waals surface area contributed by atoms with Crippen molar-refractivity contribution in [1.82, 2.24) is 10.0 Å². The maximum atomic E-state index is 12.4. The molecule has 2 rings (SSSR count). The first-order valence-electron chi connectivity index (χ1n) is 7.69. The summed E-state index contributed by atoms with van der Waals surface area (Å²) in [5, 5.41) is 3.27. The van der Waals surface area contributed by atoms with Crippen LogP contribution in [-0.4, -0.2) is 40.8 Å². The highest BCUT2D eigenvalue weighted by Crippen LogP contribution is 2.30. The molecule has 1 aliphatic rings. The summed E-state index contributed by atoms with van der Waals surface area (Å²) in [6.07, 6.45) is 2.08. The Balaban J connectivity index is 0.00000264. The first-order valence-corrected chi connectivity index (χ1v) is 9.17. The Morgan fingerprint density at radius 1 is 1.22 bits per heavy atom. The van der Waals surface area contributed by atoms with E-state index in [2.05, 4.69) is 10.0 Å². The van der Waals surface area contributed by atoms with Crippen molar-refractivity contribution in [2.24, 2.45) is 0 Å². The zero-order valence-electron chi connectivity index (χ0n) is 13.5. The summed E-state index contributed by atoms with van der Waals surface area (Å²) in [7, 11) is -3.55. The van der Waals surface area contributed by atoms with Crippen LogP contribution in [0.25, 0.3) is 0 Å². The van der Waals surface area contributed by atoms with Crippen molar-refractivity contribution >= 4 is 22.4 Å². The van der Waals surface area contributed by atoms with E-state index in [1.807, 2.05) is 13.8 Å². The van der Waals surface area contributed by atoms with Crippen molar-refractivity contribution in [1.29, 1.82) is 0 Å². The molecule has 1 heterocycles. The van der Waals surface area contributed by atoms with E-state index in [-0.39, 0.29) is 23.3 Å². The molecular formula is C15H25ClN2O4S. The molecule has 1 aromatic carbocycles. The van der Waals surface area contributed by atoms with E-state index in [0.29, 0.717) is 31.3 Å². The third kappa shape index (κ3) is 5.53. The van der Waals surface area contributed by atoms with Crippen molar-refractivity contribution in [3.63, 3.8) is 0 Å². The summed E-state index contributed by atoms with van der Waals surface area (Å²) >= 11 is 0. The Kier molecular flexibility index (Phi) is 8.11. The van der Waals surface area contributed by atoms with Gasteiger partial charge in [-0.25, -0.2) is 13.1 Å². The van der Waals surface area contributed by atoms with Crippen molar-refractivity contribution in [3.8, 4) is 11.5 Å². The lowest BCUT2D eigenvalue weighted by molar-refractivity contribution is 0.287. The zero-order chi connectivity index (χ0) is 16.0. The van der Waals surface area contributed by atoms with E-state index < -0.39 is 10.0 Å². The largest absolute Gasteiger partial charge is 0.490 e. The van der Waals surface area contributed by atoms with Gasteiger partial charge in [0.2, 0.25) is 10.0 Å². The quantitative estimate of drug-likeness (QED) is 0.737. The number of nitrogens with one attached hydrogen (secondary N) is 2. The van der Waals surface area contributed by atoms with Crippen LogP contribution in [0.2, 0.25) is 0 Å². The molecule has 23 heavy (non-hydrogen) atoms. The standard InChI is InChI=1S/C15H24N2O4S.ClH/c1-3-20-14-8-7-13(10-15(14)21-4-2)22(18,19)17-11-12-6-5-9-16-12;/h7-8,10,12,16-17H,3-6,9,11H2,1-2H3;1H. The normalized spacial score (nSPS) is 17.6. The number of hydrogen-bond acceptors (Lipinski definition) is 5. The van der Waals surface area contributed by atoms with E-state index in [0.717, 1.165) is 19.4 Å². The maximum Gasteiger partial charge on any atom is 0.240 e. The van der Waals surface area contributed by atoms with Crippen molar-refractivity contribution in [2.75, 3.05) is 26.3 Å². The summed E-state index contributed by atoms with van der Waals surface area (Å²) in [5.74, 6) is 1.01. The van der Waals surface area contributed by atoms with Crippen LogP contribution in [0, 0.1) is 0 Å². The lowest BCUT2D eigenvalue weighted by Crippen LogP contribution is -2.37. The first-order chi connectivity index (χ1) is 10.6. The van der Waals surface area contributed by atoms with Crippen LogP contribution in [0.4, 0.5) is 0 Å². The molecule has 2 N–H and O–H groups in total. The highest BCUT2D eigenvalue weighted by Gasteiger charge is 2.20. The molecule has 1 aliphatic heterocycles. The van der Waals surface area contributed by atoms with Crippen molar-refractivity contribution < 1.29 is 17.9 Å². The minimum Gasteiger partial charge on any atom is -0.490 e. The van der Waals surface area contributed by atoms with Gasteiger partial charge in [0.25, 0.3) is 0 Å². The monoisotopic (exact) mass is 364 g/mol. The van der Waals surface area contributed by atoms with Gasteiger partial charge in [-0.1, -0.05) is 0 Å². The second-order valence-electron chi connectivity index (χ2n) is 5.12. The van der Waals surface area contributed by atoms with Gasteiger partial charge in [0.15, 0.2) is 11.5 Å². The predicted octanol–water partition coefficient (Wildman–Crippen LogP) is 1.94. The molecule has 1 atom stereocenters. The highest BCUT2D eigenvalue weighted by molar-refractivity contribution is 7.89. The number of sulfonamides is 1. The molecule has 0 amide bonds. The van der Waals surface area contributed by atoms with E-state index in [1.54, 1.807) is 6.07 Å². The van der Waals surface area contributed by atoms with E-state index in [9.17, 15) is 8.42 Å². The molecule has 1 saturated heterocycles. The number of benzene rings is 1. The molecule has 0 spiro atoms. The second-order valence-corrected chi connectivity index (χ2v) is 6.89. The summed E-state index contributed by atoms with van der Waals surface area (Å²) in [4.78, 5) is 0.192. The first kappa shape index (κ1) is 20.0. The highest BCUT2D eigenvalue weighted by atomic mass is 35.5. The molecule has 0 aromatic heterocycles. The molecule has 6 nitrogen and oxygen atoms in total. The molecule has 1 unspecified atom stereocenters. The fourth-order valence-electron chi connectivity index (χ4n) is 2.42. The Bertz CT molecular complexity index is 589. The van der Waals surface area contributed by atoms with Crippen LogP contribution in [0.1, 0.15) is 26.7 Å². The summed E-state index contributed by atoms with van der Waals surface area (Å²) in [5.41, 5.74) is 0. The topological polar surface area (TPSA) is 76.7 Å². The third-order valence-corrected chi connectivity index (χ3v) is 4.93. The summed E-state index contributed by atoms with van der Waals surface area (Å²) < 4.78 is 38.3. The summed E-state index contributed by atoms with van der Waals surface area (Å²) in [6, 6.07) is 4.90. The second kappa shape index (κ2) is 9.32.